The summed E-state index contributed by atoms with van der Waals surface area (Å²) in [4.78, 5) is 12.4. The molecule has 0 fully saturated rings. The predicted molar refractivity (Wildman–Crippen MR) is 119 cm³/mol. The number of hydrogen-bond donors (Lipinski definition) is 3. The summed E-state index contributed by atoms with van der Waals surface area (Å²) in [6.07, 6.45) is -1.05. The van der Waals surface area contributed by atoms with Crippen molar-refractivity contribution in [1.29, 1.82) is 0 Å². The lowest BCUT2D eigenvalue weighted by Crippen LogP contribution is -2.56. The van der Waals surface area contributed by atoms with Gasteiger partial charge >= 0.3 is 0 Å². The van der Waals surface area contributed by atoms with E-state index in [1.165, 1.54) is 0 Å². The van der Waals surface area contributed by atoms with Gasteiger partial charge in [-0.2, -0.15) is 0 Å². The zero-order valence-electron chi connectivity index (χ0n) is 12.9. The van der Waals surface area contributed by atoms with E-state index in [1.807, 2.05) is 24.3 Å². The lowest BCUT2D eigenvalue weighted by molar-refractivity contribution is 0.0934. The summed E-state index contributed by atoms with van der Waals surface area (Å²) in [6.45, 7) is 0. The highest BCUT2D eigenvalue weighted by Gasteiger charge is 2.34. The van der Waals surface area contributed by atoms with E-state index in [9.17, 15) is 4.79 Å². The molecule has 0 radical (unpaired) electrons. The minimum atomic E-state index is -1.83. The largest absolute Gasteiger partial charge is 0.339 e. The number of carbonyl (C=O) groups excluding carboxylic acids is 1. The molecule has 2 rings (SSSR count). The summed E-state index contributed by atoms with van der Waals surface area (Å²) in [5.74, 6) is -0.411. The molecule has 0 aliphatic heterocycles. The number of benzene rings is 2. The molecule has 1 atom stereocenters. The summed E-state index contributed by atoms with van der Waals surface area (Å²) in [5, 5.41) is 8.58. The summed E-state index contributed by atoms with van der Waals surface area (Å²) in [5.41, 5.74) is 1.15. The number of nitrogens with one attached hydrogen (secondary N) is 3. The second-order valence-electron chi connectivity index (χ2n) is 5.06. The molecule has 0 spiro atoms. The molecule has 26 heavy (non-hydrogen) atoms. The fourth-order valence-electron chi connectivity index (χ4n) is 1.88. The number of anilines is 1. The number of hydrogen-bond acceptors (Lipinski definition) is 2. The standard InChI is InChI=1S/C16H12Br2Cl3N3OS/c17-10-6-4-9(5-7-10)13(25)23-14(16(19,20)21)24-15(26)22-12-3-1-2-11(18)8-12/h1-8,14H,(H,23,25)(H2,22,24,26)/t14-/m1/s1. The van der Waals surface area contributed by atoms with Crippen LogP contribution in [0.5, 0.6) is 0 Å². The van der Waals surface area contributed by atoms with Crippen LogP contribution in [-0.2, 0) is 0 Å². The van der Waals surface area contributed by atoms with Gasteiger partial charge in [-0.25, -0.2) is 0 Å². The van der Waals surface area contributed by atoms with Crippen LogP contribution in [0.1, 0.15) is 10.4 Å². The third-order valence-corrected chi connectivity index (χ3v) is 4.96. The van der Waals surface area contributed by atoms with Gasteiger partial charge in [0, 0.05) is 20.2 Å². The average Bonchev–Trinajstić information content (AvgIpc) is 2.53. The lowest BCUT2D eigenvalue weighted by atomic mass is 10.2. The van der Waals surface area contributed by atoms with Crippen LogP contribution in [0.3, 0.4) is 0 Å². The molecule has 0 aromatic heterocycles. The fraction of sp³-hybridized carbons (Fsp3) is 0.125. The molecule has 0 aliphatic rings. The first kappa shape index (κ1) is 21.7. The number of alkyl halides is 3. The van der Waals surface area contributed by atoms with Crippen LogP contribution in [0, 0.1) is 0 Å². The monoisotopic (exact) mass is 557 g/mol. The summed E-state index contributed by atoms with van der Waals surface area (Å²) < 4.78 is -0.0927. The maximum atomic E-state index is 12.4. The van der Waals surface area contributed by atoms with Gasteiger partial charge < -0.3 is 16.0 Å². The van der Waals surface area contributed by atoms with Gasteiger partial charge in [0.25, 0.3) is 5.91 Å². The van der Waals surface area contributed by atoms with Crippen molar-refractivity contribution in [2.24, 2.45) is 0 Å². The molecule has 4 nitrogen and oxygen atoms in total. The first-order valence-electron chi connectivity index (χ1n) is 7.11. The molecule has 0 saturated heterocycles. The molecule has 3 N–H and O–H groups in total. The third kappa shape index (κ3) is 6.87. The second kappa shape index (κ2) is 9.57. The highest BCUT2D eigenvalue weighted by molar-refractivity contribution is 9.10. The molecule has 2 aromatic carbocycles. The Morgan fingerprint density at radius 3 is 2.23 bits per heavy atom. The number of amides is 1. The summed E-state index contributed by atoms with van der Waals surface area (Å²) in [7, 11) is 0. The zero-order valence-corrected chi connectivity index (χ0v) is 19.2. The van der Waals surface area contributed by atoms with Crippen molar-refractivity contribution < 1.29 is 4.79 Å². The predicted octanol–water partition coefficient (Wildman–Crippen LogP) is 5.62. The molecule has 138 valence electrons. The van der Waals surface area contributed by atoms with Crippen molar-refractivity contribution in [2.45, 2.75) is 9.96 Å². The number of halogens is 5. The van der Waals surface area contributed by atoms with Crippen LogP contribution in [0.15, 0.2) is 57.5 Å². The molecule has 1 amide bonds. The molecule has 0 aliphatic carbocycles. The number of thiocarbonyl (C=S) groups is 1. The van der Waals surface area contributed by atoms with E-state index < -0.39 is 15.9 Å². The minimum Gasteiger partial charge on any atom is -0.339 e. The Bertz CT molecular complexity index is 800. The van der Waals surface area contributed by atoms with E-state index >= 15 is 0 Å². The summed E-state index contributed by atoms with van der Waals surface area (Å²) >= 11 is 29.9. The molecule has 0 saturated carbocycles. The van der Waals surface area contributed by atoms with E-state index in [0.29, 0.717) is 5.56 Å². The van der Waals surface area contributed by atoms with Crippen molar-refractivity contribution in [2.75, 3.05) is 5.32 Å². The van der Waals surface area contributed by atoms with Gasteiger partial charge in [0.1, 0.15) is 6.17 Å². The quantitative estimate of drug-likeness (QED) is 0.258. The zero-order chi connectivity index (χ0) is 19.3. The number of carbonyl (C=O) groups is 1. The van der Waals surface area contributed by atoms with Crippen LogP contribution >= 0.6 is 78.9 Å². The molecule has 10 heteroatoms. The van der Waals surface area contributed by atoms with Gasteiger partial charge in [-0.3, -0.25) is 4.79 Å². The minimum absolute atomic E-state index is 0.190. The molecule has 0 bridgehead atoms. The Kier molecular flexibility index (Phi) is 8.00. The van der Waals surface area contributed by atoms with E-state index in [-0.39, 0.29) is 5.11 Å². The van der Waals surface area contributed by atoms with E-state index in [4.69, 9.17) is 47.0 Å². The highest BCUT2D eigenvalue weighted by atomic mass is 79.9. The van der Waals surface area contributed by atoms with E-state index in [2.05, 4.69) is 47.8 Å². The smallest absolute Gasteiger partial charge is 0.252 e. The lowest BCUT2D eigenvalue weighted by Gasteiger charge is -2.27. The molecular weight excluding hydrogens is 548 g/mol. The average molecular weight is 561 g/mol. The van der Waals surface area contributed by atoms with Crippen LogP contribution < -0.4 is 16.0 Å². The van der Waals surface area contributed by atoms with Crippen molar-refractivity contribution in [3.05, 3.63) is 63.0 Å². The maximum absolute atomic E-state index is 12.4. The highest BCUT2D eigenvalue weighted by Crippen LogP contribution is 2.29. The Morgan fingerprint density at radius 2 is 1.65 bits per heavy atom. The third-order valence-electron chi connectivity index (χ3n) is 3.07. The summed E-state index contributed by atoms with van der Waals surface area (Å²) in [6, 6.07) is 14.2. The van der Waals surface area contributed by atoms with Gasteiger partial charge in [0.2, 0.25) is 3.79 Å². The van der Waals surface area contributed by atoms with Gasteiger partial charge in [-0.15, -0.1) is 0 Å². The Balaban J connectivity index is 2.06. The normalized spacial score (nSPS) is 12.2. The maximum Gasteiger partial charge on any atom is 0.252 e. The van der Waals surface area contributed by atoms with Crippen molar-refractivity contribution in [1.82, 2.24) is 10.6 Å². The molecule has 0 unspecified atom stereocenters. The van der Waals surface area contributed by atoms with Crippen LogP contribution in [0.25, 0.3) is 0 Å². The van der Waals surface area contributed by atoms with Gasteiger partial charge in [0.05, 0.1) is 0 Å². The van der Waals surface area contributed by atoms with Crippen LogP contribution in [-0.4, -0.2) is 21.0 Å². The topological polar surface area (TPSA) is 53.2 Å². The van der Waals surface area contributed by atoms with Gasteiger partial charge in [0.15, 0.2) is 5.11 Å². The van der Waals surface area contributed by atoms with Crippen molar-refractivity contribution in [3.8, 4) is 0 Å². The van der Waals surface area contributed by atoms with E-state index in [0.717, 1.165) is 14.6 Å². The SMILES string of the molecule is O=C(N[C@H](NC(=S)Nc1cccc(Br)c1)C(Cl)(Cl)Cl)c1ccc(Br)cc1. The molecular formula is C16H12Br2Cl3N3OS. The first-order chi connectivity index (χ1) is 12.1. The number of rotatable bonds is 4. The van der Waals surface area contributed by atoms with Crippen LogP contribution in [0.4, 0.5) is 5.69 Å². The van der Waals surface area contributed by atoms with Crippen molar-refractivity contribution >= 4 is 95.6 Å². The molecule has 2 aromatic rings. The second-order valence-corrected chi connectivity index (χ2v) is 9.67. The Labute approximate surface area is 188 Å². The van der Waals surface area contributed by atoms with Gasteiger partial charge in [-0.05, 0) is 54.7 Å². The Hall–Kier alpha value is -0.570. The van der Waals surface area contributed by atoms with Gasteiger partial charge in [-0.1, -0.05) is 72.7 Å². The fourth-order valence-corrected chi connectivity index (χ4v) is 3.11. The first-order valence-corrected chi connectivity index (χ1v) is 10.2. The van der Waals surface area contributed by atoms with E-state index in [1.54, 1.807) is 24.3 Å². The Morgan fingerprint density at radius 1 is 1.00 bits per heavy atom. The molecule has 0 heterocycles. The van der Waals surface area contributed by atoms with Crippen LogP contribution in [0.2, 0.25) is 0 Å². The van der Waals surface area contributed by atoms with Crippen molar-refractivity contribution in [3.63, 3.8) is 0 Å².